The first kappa shape index (κ1) is 15.7. The molecular formula is C13H22N2O4. The fourth-order valence-corrected chi connectivity index (χ4v) is 1.98. The van der Waals surface area contributed by atoms with Gasteiger partial charge in [0.05, 0.1) is 13.2 Å². The van der Waals surface area contributed by atoms with Crippen molar-refractivity contribution in [3.8, 4) is 0 Å². The first-order valence-electron chi connectivity index (χ1n) is 6.49. The van der Waals surface area contributed by atoms with Crippen LogP contribution in [-0.2, 0) is 19.1 Å². The largest absolute Gasteiger partial charge is 0.379 e. The molecule has 108 valence electrons. The maximum atomic E-state index is 11.9. The van der Waals surface area contributed by atoms with Crippen molar-refractivity contribution in [1.82, 2.24) is 4.90 Å². The summed E-state index contributed by atoms with van der Waals surface area (Å²) in [6.07, 6.45) is 1.56. The molecule has 2 N–H and O–H groups in total. The number of ether oxygens (including phenoxy) is 2. The van der Waals surface area contributed by atoms with Crippen molar-refractivity contribution in [3.05, 3.63) is 12.2 Å². The smallest absolute Gasteiger partial charge is 0.249 e. The maximum absolute atomic E-state index is 11.9. The van der Waals surface area contributed by atoms with Crippen molar-refractivity contribution in [1.29, 1.82) is 0 Å². The van der Waals surface area contributed by atoms with E-state index in [-0.39, 0.29) is 12.5 Å². The van der Waals surface area contributed by atoms with Crippen molar-refractivity contribution in [3.63, 3.8) is 0 Å². The minimum atomic E-state index is -0.688. The normalized spacial score (nSPS) is 18.9. The third kappa shape index (κ3) is 4.65. The van der Waals surface area contributed by atoms with Crippen LogP contribution in [0.1, 0.15) is 19.8 Å². The molecule has 0 aromatic carbocycles. The van der Waals surface area contributed by atoms with E-state index in [1.54, 1.807) is 0 Å². The van der Waals surface area contributed by atoms with Crippen LogP contribution in [0.2, 0.25) is 0 Å². The van der Waals surface area contributed by atoms with Crippen LogP contribution in [0.25, 0.3) is 0 Å². The predicted octanol–water partition coefficient (Wildman–Crippen LogP) is 0.0720. The van der Waals surface area contributed by atoms with Crippen molar-refractivity contribution >= 4 is 11.8 Å². The highest BCUT2D eigenvalue weighted by Gasteiger charge is 2.35. The average Bonchev–Trinajstić information content (AvgIpc) is 2.75. The van der Waals surface area contributed by atoms with Gasteiger partial charge in [0.15, 0.2) is 0 Å². The highest BCUT2D eigenvalue weighted by molar-refractivity contribution is 5.90. The molecule has 1 saturated heterocycles. The van der Waals surface area contributed by atoms with Crippen LogP contribution in [0.4, 0.5) is 0 Å². The molecule has 1 aliphatic heterocycles. The fourth-order valence-electron chi connectivity index (χ4n) is 1.98. The van der Waals surface area contributed by atoms with E-state index >= 15 is 0 Å². The molecule has 1 fully saturated rings. The molecule has 0 unspecified atom stereocenters. The Morgan fingerprint density at radius 2 is 2.05 bits per heavy atom. The van der Waals surface area contributed by atoms with Gasteiger partial charge in [0.2, 0.25) is 11.8 Å². The molecule has 0 radical (unpaired) electrons. The van der Waals surface area contributed by atoms with Gasteiger partial charge in [0.1, 0.15) is 12.6 Å². The SMILES string of the molecule is C=C1CCN(C(=O)COCCOCCC)[C@@H]1C(N)=O. The number of likely N-dealkylation sites (tertiary alicyclic amines) is 1. The molecule has 19 heavy (non-hydrogen) atoms. The molecule has 0 bridgehead atoms. The minimum Gasteiger partial charge on any atom is -0.379 e. The monoisotopic (exact) mass is 270 g/mol. The topological polar surface area (TPSA) is 81.9 Å². The summed E-state index contributed by atoms with van der Waals surface area (Å²) in [6.45, 7) is 7.71. The second-order valence-electron chi connectivity index (χ2n) is 4.47. The van der Waals surface area contributed by atoms with Gasteiger partial charge in [0, 0.05) is 13.2 Å². The molecule has 0 aliphatic carbocycles. The van der Waals surface area contributed by atoms with E-state index in [2.05, 4.69) is 6.58 Å². The number of primary amides is 1. The summed E-state index contributed by atoms with van der Waals surface area (Å²) in [5.74, 6) is -0.778. The summed E-state index contributed by atoms with van der Waals surface area (Å²) in [4.78, 5) is 24.6. The number of nitrogens with two attached hydrogens (primary N) is 1. The van der Waals surface area contributed by atoms with Gasteiger partial charge in [-0.15, -0.1) is 0 Å². The molecule has 6 nitrogen and oxygen atoms in total. The van der Waals surface area contributed by atoms with Crippen LogP contribution in [0, 0.1) is 0 Å². The van der Waals surface area contributed by atoms with Gasteiger partial charge in [-0.05, 0) is 18.4 Å². The van der Waals surface area contributed by atoms with Gasteiger partial charge in [-0.1, -0.05) is 13.5 Å². The first-order valence-corrected chi connectivity index (χ1v) is 6.49. The van der Waals surface area contributed by atoms with E-state index < -0.39 is 11.9 Å². The lowest BCUT2D eigenvalue weighted by Crippen LogP contribution is -2.45. The Morgan fingerprint density at radius 1 is 1.37 bits per heavy atom. The van der Waals surface area contributed by atoms with Crippen molar-refractivity contribution in [2.24, 2.45) is 5.73 Å². The lowest BCUT2D eigenvalue weighted by Gasteiger charge is -2.22. The van der Waals surface area contributed by atoms with Crippen LogP contribution in [0.5, 0.6) is 0 Å². The van der Waals surface area contributed by atoms with Gasteiger partial charge < -0.3 is 20.1 Å². The third-order valence-corrected chi connectivity index (χ3v) is 2.91. The quantitative estimate of drug-likeness (QED) is 0.500. The molecule has 0 saturated carbocycles. The Kier molecular flexibility index (Phi) is 6.52. The summed E-state index contributed by atoms with van der Waals surface area (Å²) >= 11 is 0. The fraction of sp³-hybridized carbons (Fsp3) is 0.692. The number of carbonyl (C=O) groups is 2. The van der Waals surface area contributed by atoms with Gasteiger partial charge in [-0.3, -0.25) is 9.59 Å². The van der Waals surface area contributed by atoms with E-state index in [0.717, 1.165) is 6.42 Å². The molecule has 1 rings (SSSR count). The Morgan fingerprint density at radius 3 is 2.68 bits per heavy atom. The molecule has 2 amide bonds. The molecule has 1 atom stereocenters. The summed E-state index contributed by atoms with van der Waals surface area (Å²) in [5.41, 5.74) is 5.96. The molecule has 6 heteroatoms. The van der Waals surface area contributed by atoms with Crippen LogP contribution in [0.15, 0.2) is 12.2 Å². The highest BCUT2D eigenvalue weighted by Crippen LogP contribution is 2.21. The number of carbonyl (C=O) groups excluding carboxylic acids is 2. The summed E-state index contributed by atoms with van der Waals surface area (Å²) in [5, 5.41) is 0. The minimum absolute atomic E-state index is 0.0630. The standard InChI is InChI=1S/C13H22N2O4/c1-3-6-18-7-8-19-9-11(16)15-5-4-10(2)12(15)13(14)17/h12H,2-9H2,1H3,(H2,14,17)/t12-/m0/s1. The van der Waals surface area contributed by atoms with Gasteiger partial charge in [-0.25, -0.2) is 0 Å². The van der Waals surface area contributed by atoms with Crippen LogP contribution < -0.4 is 5.73 Å². The summed E-state index contributed by atoms with van der Waals surface area (Å²) in [6, 6.07) is -0.688. The molecular weight excluding hydrogens is 248 g/mol. The zero-order valence-corrected chi connectivity index (χ0v) is 11.4. The summed E-state index contributed by atoms with van der Waals surface area (Å²) in [7, 11) is 0. The van der Waals surface area contributed by atoms with Gasteiger partial charge >= 0.3 is 0 Å². The number of rotatable bonds is 8. The van der Waals surface area contributed by atoms with E-state index in [0.29, 0.717) is 38.4 Å². The van der Waals surface area contributed by atoms with Crippen LogP contribution in [0.3, 0.4) is 0 Å². The Bertz CT molecular complexity index is 344. The van der Waals surface area contributed by atoms with Crippen molar-refractivity contribution in [2.45, 2.75) is 25.8 Å². The van der Waals surface area contributed by atoms with Crippen molar-refractivity contribution < 1.29 is 19.1 Å². The van der Waals surface area contributed by atoms with Crippen molar-refractivity contribution in [2.75, 3.05) is 33.0 Å². The van der Waals surface area contributed by atoms with Crippen LogP contribution >= 0.6 is 0 Å². The Balaban J connectivity index is 2.29. The van der Waals surface area contributed by atoms with E-state index in [4.69, 9.17) is 15.2 Å². The van der Waals surface area contributed by atoms with Gasteiger partial charge in [0.25, 0.3) is 0 Å². The molecule has 0 spiro atoms. The molecule has 0 aromatic rings. The average molecular weight is 270 g/mol. The maximum Gasteiger partial charge on any atom is 0.249 e. The molecule has 1 aliphatic rings. The molecule has 0 aromatic heterocycles. The number of nitrogens with zero attached hydrogens (tertiary/aromatic N) is 1. The first-order chi connectivity index (χ1) is 9.07. The van der Waals surface area contributed by atoms with E-state index in [1.807, 2.05) is 6.92 Å². The predicted molar refractivity (Wildman–Crippen MR) is 70.4 cm³/mol. The Labute approximate surface area is 113 Å². The lowest BCUT2D eigenvalue weighted by molar-refractivity contribution is -0.140. The number of hydrogen-bond acceptors (Lipinski definition) is 4. The van der Waals surface area contributed by atoms with E-state index in [9.17, 15) is 9.59 Å². The molecule has 1 heterocycles. The number of hydrogen-bond donors (Lipinski definition) is 1. The second-order valence-corrected chi connectivity index (χ2v) is 4.47. The Hall–Kier alpha value is -1.40. The van der Waals surface area contributed by atoms with E-state index in [1.165, 1.54) is 4.90 Å². The second kappa shape index (κ2) is 7.91. The third-order valence-electron chi connectivity index (χ3n) is 2.91. The lowest BCUT2D eigenvalue weighted by atomic mass is 10.1. The highest BCUT2D eigenvalue weighted by atomic mass is 16.5. The zero-order valence-electron chi connectivity index (χ0n) is 11.4. The number of amides is 2. The van der Waals surface area contributed by atoms with Gasteiger partial charge in [-0.2, -0.15) is 0 Å². The van der Waals surface area contributed by atoms with Crippen LogP contribution in [-0.4, -0.2) is 55.7 Å². The zero-order chi connectivity index (χ0) is 14.3. The summed E-state index contributed by atoms with van der Waals surface area (Å²) < 4.78 is 10.4.